The van der Waals surface area contributed by atoms with E-state index in [0.29, 0.717) is 23.1 Å². The third-order valence-corrected chi connectivity index (χ3v) is 6.66. The van der Waals surface area contributed by atoms with Crippen LogP contribution in [-0.2, 0) is 4.79 Å². The first-order chi connectivity index (χ1) is 17.4. The fourth-order valence-electron chi connectivity index (χ4n) is 4.34. The molecule has 0 bridgehead atoms. The number of benzene rings is 4. The Hall–Kier alpha value is -4.02. The van der Waals surface area contributed by atoms with Crippen LogP contribution in [0.15, 0.2) is 89.6 Å². The quantitative estimate of drug-likeness (QED) is 0.240. The predicted molar refractivity (Wildman–Crippen MR) is 149 cm³/mol. The largest absolute Gasteiger partial charge is 0.493 e. The topological polar surface area (TPSA) is 51.5 Å². The number of hydrogen-bond donors (Lipinski definition) is 1. The third kappa shape index (κ3) is 4.73. The minimum Gasteiger partial charge on any atom is -0.493 e. The summed E-state index contributed by atoms with van der Waals surface area (Å²) in [4.78, 5) is 12.8. The molecule has 1 aromatic heterocycles. The van der Waals surface area contributed by atoms with Crippen LogP contribution in [0.4, 0.5) is 5.69 Å². The number of amides is 1. The van der Waals surface area contributed by atoms with Crippen molar-refractivity contribution in [3.05, 3.63) is 101 Å². The Labute approximate surface area is 215 Å². The lowest BCUT2D eigenvalue weighted by atomic mass is 9.97. The molecule has 0 aliphatic heterocycles. The number of furan rings is 1. The summed E-state index contributed by atoms with van der Waals surface area (Å²) in [6.07, 6.45) is 3.36. The molecule has 1 amide bonds. The molecule has 0 saturated heterocycles. The Kier molecular flexibility index (Phi) is 6.53. The van der Waals surface area contributed by atoms with Crippen molar-refractivity contribution in [1.29, 1.82) is 0 Å². The Morgan fingerprint density at radius 1 is 1.03 bits per heavy atom. The van der Waals surface area contributed by atoms with Gasteiger partial charge in [-0.1, -0.05) is 54.1 Å². The second kappa shape index (κ2) is 9.92. The molecule has 0 atom stereocenters. The lowest BCUT2D eigenvalue weighted by molar-refractivity contribution is -0.111. The van der Waals surface area contributed by atoms with Gasteiger partial charge in [-0.2, -0.15) is 0 Å². The number of fused-ring (bicyclic) bond motifs is 2. The Morgan fingerprint density at radius 2 is 1.83 bits per heavy atom. The second-order valence-electron chi connectivity index (χ2n) is 8.77. The number of anilines is 1. The van der Waals surface area contributed by atoms with E-state index >= 15 is 0 Å². The van der Waals surface area contributed by atoms with Gasteiger partial charge in [-0.3, -0.25) is 4.79 Å². The average Bonchev–Trinajstić information content (AvgIpc) is 3.28. The van der Waals surface area contributed by atoms with Crippen molar-refractivity contribution in [2.75, 3.05) is 11.9 Å². The first-order valence-electron chi connectivity index (χ1n) is 11.9. The van der Waals surface area contributed by atoms with Crippen molar-refractivity contribution in [1.82, 2.24) is 0 Å². The molecule has 0 aliphatic carbocycles. The maximum absolute atomic E-state index is 12.8. The fourth-order valence-corrected chi connectivity index (χ4v) is 4.52. The summed E-state index contributed by atoms with van der Waals surface area (Å²) in [6.45, 7) is 6.26. The lowest BCUT2D eigenvalue weighted by Crippen LogP contribution is -2.09. The summed E-state index contributed by atoms with van der Waals surface area (Å²) in [5.41, 5.74) is 6.01. The summed E-state index contributed by atoms with van der Waals surface area (Å²) < 4.78 is 11.8. The van der Waals surface area contributed by atoms with Gasteiger partial charge < -0.3 is 14.5 Å². The zero-order valence-corrected chi connectivity index (χ0v) is 21.1. The number of ether oxygens (including phenoxy) is 1. The highest BCUT2D eigenvalue weighted by Gasteiger charge is 2.16. The van der Waals surface area contributed by atoms with E-state index in [1.54, 1.807) is 18.4 Å². The molecule has 0 aliphatic rings. The maximum atomic E-state index is 12.8. The summed E-state index contributed by atoms with van der Waals surface area (Å²) in [5.74, 6) is 0.432. The van der Waals surface area contributed by atoms with Crippen LogP contribution in [0.1, 0.15) is 25.0 Å². The van der Waals surface area contributed by atoms with Crippen molar-refractivity contribution >= 4 is 50.5 Å². The molecule has 5 heteroatoms. The average molecular weight is 496 g/mol. The SMILES string of the molecule is CCOc1cc2occ(-c3ccc4ccccc4c3)c2cc1/C(C)=C/C(=O)Nc1ccc(C)c(Cl)c1. The van der Waals surface area contributed by atoms with Gasteiger partial charge in [0.25, 0.3) is 0 Å². The standard InChI is InChI=1S/C31H26ClNO3/c1-4-35-29-17-30-26(27(18-36-30)23-11-10-21-7-5-6-8-22(21)14-23)16-25(29)20(3)13-31(34)33-24-12-9-19(2)28(32)15-24/h5-18H,4H2,1-3H3,(H,33,34)/b20-13+. The van der Waals surface area contributed by atoms with E-state index in [2.05, 4.69) is 35.6 Å². The van der Waals surface area contributed by atoms with Gasteiger partial charge in [0.1, 0.15) is 11.3 Å². The van der Waals surface area contributed by atoms with Gasteiger partial charge >= 0.3 is 0 Å². The normalized spacial score (nSPS) is 11.7. The van der Waals surface area contributed by atoms with Crippen LogP contribution >= 0.6 is 11.6 Å². The number of allylic oxidation sites excluding steroid dienone is 1. The van der Waals surface area contributed by atoms with E-state index in [1.165, 1.54) is 10.8 Å². The molecule has 0 spiro atoms. The van der Waals surface area contributed by atoms with Gasteiger partial charge in [-0.25, -0.2) is 0 Å². The third-order valence-electron chi connectivity index (χ3n) is 6.25. The van der Waals surface area contributed by atoms with Crippen LogP contribution in [0.3, 0.4) is 0 Å². The van der Waals surface area contributed by atoms with Crippen molar-refractivity contribution in [2.45, 2.75) is 20.8 Å². The summed E-state index contributed by atoms with van der Waals surface area (Å²) in [5, 5.41) is 6.81. The molecule has 1 N–H and O–H groups in total. The van der Waals surface area contributed by atoms with E-state index in [4.69, 9.17) is 20.8 Å². The highest BCUT2D eigenvalue weighted by atomic mass is 35.5. The van der Waals surface area contributed by atoms with Crippen LogP contribution in [0.25, 0.3) is 38.4 Å². The number of carbonyl (C=O) groups excluding carboxylic acids is 1. The number of rotatable bonds is 6. The highest BCUT2D eigenvalue weighted by molar-refractivity contribution is 6.31. The molecule has 0 saturated carbocycles. The van der Waals surface area contributed by atoms with Gasteiger partial charge in [0.2, 0.25) is 5.91 Å². The Morgan fingerprint density at radius 3 is 2.61 bits per heavy atom. The molecule has 5 aromatic rings. The van der Waals surface area contributed by atoms with E-state index in [0.717, 1.165) is 38.8 Å². The second-order valence-corrected chi connectivity index (χ2v) is 9.18. The van der Waals surface area contributed by atoms with Crippen molar-refractivity contribution < 1.29 is 13.9 Å². The van der Waals surface area contributed by atoms with Crippen LogP contribution in [0, 0.1) is 6.92 Å². The molecule has 5 rings (SSSR count). The number of aryl methyl sites for hydroxylation is 1. The van der Waals surface area contributed by atoms with Crippen molar-refractivity contribution in [3.8, 4) is 16.9 Å². The first-order valence-corrected chi connectivity index (χ1v) is 12.2. The van der Waals surface area contributed by atoms with Crippen molar-refractivity contribution in [3.63, 3.8) is 0 Å². The Bertz CT molecular complexity index is 1630. The van der Waals surface area contributed by atoms with Gasteiger partial charge in [-0.05, 0) is 72.5 Å². The van der Waals surface area contributed by atoms with Crippen LogP contribution < -0.4 is 10.1 Å². The molecule has 180 valence electrons. The minimum atomic E-state index is -0.239. The number of nitrogens with one attached hydrogen (secondary N) is 1. The molecular weight excluding hydrogens is 470 g/mol. The van der Waals surface area contributed by atoms with Gasteiger partial charge in [0, 0.05) is 39.4 Å². The molecule has 4 nitrogen and oxygen atoms in total. The number of halogens is 1. The monoisotopic (exact) mass is 495 g/mol. The van der Waals surface area contributed by atoms with E-state index in [-0.39, 0.29) is 5.91 Å². The van der Waals surface area contributed by atoms with E-state index in [1.807, 2.05) is 57.2 Å². The number of hydrogen-bond acceptors (Lipinski definition) is 3. The lowest BCUT2D eigenvalue weighted by Gasteiger charge is -2.12. The minimum absolute atomic E-state index is 0.239. The molecular formula is C31H26ClNO3. The zero-order chi connectivity index (χ0) is 25.2. The van der Waals surface area contributed by atoms with Gasteiger partial charge in [-0.15, -0.1) is 0 Å². The molecule has 0 radical (unpaired) electrons. The van der Waals surface area contributed by atoms with Gasteiger partial charge in [0.15, 0.2) is 0 Å². The first kappa shape index (κ1) is 23.7. The molecule has 36 heavy (non-hydrogen) atoms. The molecule has 0 unspecified atom stereocenters. The van der Waals surface area contributed by atoms with Crippen LogP contribution in [-0.4, -0.2) is 12.5 Å². The van der Waals surface area contributed by atoms with E-state index < -0.39 is 0 Å². The predicted octanol–water partition coefficient (Wildman–Crippen LogP) is 8.66. The molecule has 4 aromatic carbocycles. The van der Waals surface area contributed by atoms with E-state index in [9.17, 15) is 4.79 Å². The maximum Gasteiger partial charge on any atom is 0.248 e. The van der Waals surface area contributed by atoms with Crippen LogP contribution in [0.2, 0.25) is 5.02 Å². The molecule has 0 fully saturated rings. The Balaban J connectivity index is 1.53. The summed E-state index contributed by atoms with van der Waals surface area (Å²) in [6, 6.07) is 24.1. The number of carbonyl (C=O) groups is 1. The van der Waals surface area contributed by atoms with Crippen molar-refractivity contribution in [2.24, 2.45) is 0 Å². The molecule has 1 heterocycles. The summed E-state index contributed by atoms with van der Waals surface area (Å²) in [7, 11) is 0. The zero-order valence-electron chi connectivity index (χ0n) is 20.4. The highest BCUT2D eigenvalue weighted by Crippen LogP contribution is 2.38. The van der Waals surface area contributed by atoms with Crippen LogP contribution in [0.5, 0.6) is 5.75 Å². The van der Waals surface area contributed by atoms with Gasteiger partial charge in [0.05, 0.1) is 12.9 Å². The smallest absolute Gasteiger partial charge is 0.248 e. The fraction of sp³-hybridized carbons (Fsp3) is 0.129. The summed E-state index contributed by atoms with van der Waals surface area (Å²) >= 11 is 6.20.